The normalized spacial score (nSPS) is 14.7. The number of piperidine rings is 1. The fourth-order valence-electron chi connectivity index (χ4n) is 4.90. The third-order valence-corrected chi connectivity index (χ3v) is 6.62. The Bertz CT molecular complexity index is 1460. The average Bonchev–Trinajstić information content (AvgIpc) is 3.24. The van der Waals surface area contributed by atoms with Crippen molar-refractivity contribution in [1.29, 1.82) is 0 Å². The third kappa shape index (κ3) is 3.69. The number of hydrogen-bond donors (Lipinski definition) is 1. The number of aryl methyl sites for hydroxylation is 2. The van der Waals surface area contributed by atoms with Gasteiger partial charge >= 0.3 is 0 Å². The van der Waals surface area contributed by atoms with Crippen molar-refractivity contribution in [3.8, 4) is 5.75 Å². The van der Waals surface area contributed by atoms with Gasteiger partial charge in [-0.05, 0) is 62.6 Å². The van der Waals surface area contributed by atoms with Crippen molar-refractivity contribution in [3.05, 3.63) is 63.8 Å². The minimum absolute atomic E-state index is 0.0134. The maximum atomic E-state index is 13.1. The summed E-state index contributed by atoms with van der Waals surface area (Å²) in [6.45, 7) is 5.76. The summed E-state index contributed by atoms with van der Waals surface area (Å²) in [5.74, 6) is 0.860. The molecule has 5 rings (SSSR count). The number of anilines is 1. The first-order valence-corrected chi connectivity index (χ1v) is 11.6. The fraction of sp³-hybridized carbons (Fsp3) is 0.346. The molecule has 0 unspecified atom stereocenters. The predicted molar refractivity (Wildman–Crippen MR) is 132 cm³/mol. The van der Waals surface area contributed by atoms with E-state index in [1.165, 1.54) is 4.57 Å². The topological polar surface area (TPSA) is 104 Å². The molecule has 3 heterocycles. The fourth-order valence-corrected chi connectivity index (χ4v) is 4.90. The van der Waals surface area contributed by atoms with Crippen molar-refractivity contribution >= 4 is 33.6 Å². The van der Waals surface area contributed by atoms with Crippen LogP contribution in [0.3, 0.4) is 0 Å². The van der Waals surface area contributed by atoms with E-state index in [0.29, 0.717) is 31.1 Å². The summed E-state index contributed by atoms with van der Waals surface area (Å²) in [5.41, 5.74) is 9.45. The number of fused-ring (bicyclic) bond motifs is 2. The Morgan fingerprint density at radius 3 is 2.68 bits per heavy atom. The molecular formula is C26H28N4O4. The Morgan fingerprint density at radius 2 is 1.97 bits per heavy atom. The summed E-state index contributed by atoms with van der Waals surface area (Å²) >= 11 is 0. The van der Waals surface area contributed by atoms with Crippen LogP contribution in [-0.4, -0.2) is 35.2 Å². The van der Waals surface area contributed by atoms with Crippen LogP contribution in [0.15, 0.2) is 45.6 Å². The van der Waals surface area contributed by atoms with Crippen LogP contribution < -0.4 is 20.9 Å². The van der Waals surface area contributed by atoms with Gasteiger partial charge in [0.1, 0.15) is 16.8 Å². The number of nitrogens with two attached hydrogens (primary N) is 1. The van der Waals surface area contributed by atoms with Crippen molar-refractivity contribution in [1.82, 2.24) is 9.55 Å². The molecule has 1 aliphatic rings. The number of ether oxygens (including phenoxy) is 1. The van der Waals surface area contributed by atoms with Crippen LogP contribution in [-0.2, 0) is 7.05 Å². The number of carbonyl (C=O) groups is 1. The molecule has 2 aromatic heterocycles. The molecule has 0 atom stereocenters. The zero-order valence-corrected chi connectivity index (χ0v) is 19.6. The molecular weight excluding hydrogens is 432 g/mol. The summed E-state index contributed by atoms with van der Waals surface area (Å²) in [4.78, 5) is 32.3. The zero-order chi connectivity index (χ0) is 24.0. The number of nitrogens with zero attached hydrogens (tertiary/aromatic N) is 3. The molecule has 0 saturated carbocycles. The second-order valence-corrected chi connectivity index (χ2v) is 8.85. The molecule has 1 fully saturated rings. The van der Waals surface area contributed by atoms with Gasteiger partial charge < -0.3 is 24.4 Å². The van der Waals surface area contributed by atoms with Crippen LogP contribution >= 0.6 is 0 Å². The van der Waals surface area contributed by atoms with Gasteiger partial charge in [-0.1, -0.05) is 6.07 Å². The number of pyridine rings is 1. The van der Waals surface area contributed by atoms with Crippen molar-refractivity contribution in [3.63, 3.8) is 0 Å². The van der Waals surface area contributed by atoms with E-state index in [0.717, 1.165) is 46.3 Å². The van der Waals surface area contributed by atoms with Gasteiger partial charge in [-0.25, -0.2) is 4.98 Å². The van der Waals surface area contributed by atoms with Gasteiger partial charge in [0.05, 0.1) is 17.8 Å². The van der Waals surface area contributed by atoms with Crippen LogP contribution in [0.4, 0.5) is 5.69 Å². The van der Waals surface area contributed by atoms with Crippen molar-refractivity contribution in [2.24, 2.45) is 12.8 Å². The number of rotatable bonds is 5. The van der Waals surface area contributed by atoms with Crippen LogP contribution in [0, 0.1) is 6.92 Å². The van der Waals surface area contributed by atoms with E-state index in [-0.39, 0.29) is 11.5 Å². The first-order chi connectivity index (χ1) is 16.4. The van der Waals surface area contributed by atoms with Gasteiger partial charge in [-0.2, -0.15) is 0 Å². The maximum absolute atomic E-state index is 13.1. The van der Waals surface area contributed by atoms with E-state index in [9.17, 15) is 9.59 Å². The minimum Gasteiger partial charge on any atom is -0.494 e. The Hall–Kier alpha value is -3.81. The Kier molecular flexibility index (Phi) is 5.51. The van der Waals surface area contributed by atoms with Crippen LogP contribution in [0.1, 0.15) is 47.5 Å². The van der Waals surface area contributed by atoms with Gasteiger partial charge in [0.15, 0.2) is 11.5 Å². The number of hydrogen-bond acceptors (Lipinski definition) is 6. The van der Waals surface area contributed by atoms with Crippen molar-refractivity contribution in [2.45, 2.75) is 32.6 Å². The second kappa shape index (κ2) is 8.52. The molecule has 8 heteroatoms. The molecule has 1 amide bonds. The number of carbonyl (C=O) groups excluding carboxylic acids is 1. The van der Waals surface area contributed by atoms with Crippen LogP contribution in [0.2, 0.25) is 0 Å². The summed E-state index contributed by atoms with van der Waals surface area (Å²) in [6.07, 6.45) is 1.57. The van der Waals surface area contributed by atoms with E-state index in [1.54, 1.807) is 7.05 Å². The Balaban J connectivity index is 1.53. The van der Waals surface area contributed by atoms with E-state index in [1.807, 2.05) is 50.2 Å². The highest BCUT2D eigenvalue weighted by molar-refractivity contribution is 6.07. The van der Waals surface area contributed by atoms with E-state index in [4.69, 9.17) is 19.9 Å². The van der Waals surface area contributed by atoms with Gasteiger partial charge in [0, 0.05) is 31.4 Å². The van der Waals surface area contributed by atoms with Gasteiger partial charge in [0.2, 0.25) is 0 Å². The lowest BCUT2D eigenvalue weighted by Crippen LogP contribution is -2.38. The predicted octanol–water partition coefficient (Wildman–Crippen LogP) is 3.87. The smallest absolute Gasteiger partial charge is 0.265 e. The molecule has 0 bridgehead atoms. The van der Waals surface area contributed by atoms with Gasteiger partial charge in [0.25, 0.3) is 11.5 Å². The molecule has 0 spiro atoms. The average molecular weight is 461 g/mol. The lowest BCUT2D eigenvalue weighted by molar-refractivity contribution is 0.0999. The van der Waals surface area contributed by atoms with Crippen LogP contribution in [0.5, 0.6) is 5.75 Å². The number of amides is 1. The first-order valence-electron chi connectivity index (χ1n) is 11.6. The monoisotopic (exact) mass is 460 g/mol. The summed E-state index contributed by atoms with van der Waals surface area (Å²) in [5, 5.41) is 0.776. The highest BCUT2D eigenvalue weighted by Crippen LogP contribution is 2.36. The second-order valence-electron chi connectivity index (χ2n) is 8.85. The van der Waals surface area contributed by atoms with Gasteiger partial charge in [-0.3, -0.25) is 9.59 Å². The van der Waals surface area contributed by atoms with Gasteiger partial charge in [-0.15, -0.1) is 0 Å². The standard InChI is InChI=1S/C26H28N4O4/c1-4-33-17-6-7-20-18(14-17)23(22(24(27)31)26(32)29(20)3)30-11-9-16(10-12-30)25-28-19-13-15(2)5-8-21(19)34-25/h5-8,13-14,16H,4,9-12H2,1-3H3,(H2,27,31). The molecule has 34 heavy (non-hydrogen) atoms. The lowest BCUT2D eigenvalue weighted by atomic mass is 9.95. The molecule has 0 radical (unpaired) electrons. The quantitative estimate of drug-likeness (QED) is 0.485. The minimum atomic E-state index is -0.726. The highest BCUT2D eigenvalue weighted by atomic mass is 16.5. The molecule has 4 aromatic rings. The van der Waals surface area contributed by atoms with Crippen LogP contribution in [0.25, 0.3) is 22.0 Å². The molecule has 0 aliphatic carbocycles. The number of primary amides is 1. The number of oxazole rings is 1. The Labute approximate surface area is 196 Å². The zero-order valence-electron chi connectivity index (χ0n) is 19.6. The summed E-state index contributed by atoms with van der Waals surface area (Å²) in [7, 11) is 1.66. The lowest BCUT2D eigenvalue weighted by Gasteiger charge is -2.34. The van der Waals surface area contributed by atoms with E-state index >= 15 is 0 Å². The van der Waals surface area contributed by atoms with E-state index < -0.39 is 11.5 Å². The molecule has 2 N–H and O–H groups in total. The SMILES string of the molecule is CCOc1ccc2c(c1)c(N1CCC(c3nc4cc(C)ccc4o3)CC1)c(C(N)=O)c(=O)n2C. The molecule has 2 aromatic carbocycles. The molecule has 1 aliphatic heterocycles. The highest BCUT2D eigenvalue weighted by Gasteiger charge is 2.30. The number of aromatic nitrogens is 2. The van der Waals surface area contributed by atoms with Crippen molar-refractivity contribution in [2.75, 3.05) is 24.6 Å². The molecule has 176 valence electrons. The maximum Gasteiger partial charge on any atom is 0.265 e. The summed E-state index contributed by atoms with van der Waals surface area (Å²) < 4.78 is 13.2. The number of benzene rings is 2. The van der Waals surface area contributed by atoms with E-state index in [2.05, 4.69) is 4.90 Å². The summed E-state index contributed by atoms with van der Waals surface area (Å²) in [6, 6.07) is 11.6. The third-order valence-electron chi connectivity index (χ3n) is 6.62. The molecule has 1 saturated heterocycles. The molecule has 8 nitrogen and oxygen atoms in total. The Morgan fingerprint density at radius 1 is 1.21 bits per heavy atom. The van der Waals surface area contributed by atoms with Crippen molar-refractivity contribution < 1.29 is 13.9 Å². The largest absolute Gasteiger partial charge is 0.494 e. The first kappa shape index (κ1) is 22.0.